The zero-order chi connectivity index (χ0) is 12.4. The van der Waals surface area contributed by atoms with Crippen molar-refractivity contribution in [2.75, 3.05) is 0 Å². The Morgan fingerprint density at radius 2 is 2.24 bits per heavy atom. The summed E-state index contributed by atoms with van der Waals surface area (Å²) in [6, 6.07) is 5.74. The smallest absolute Gasteiger partial charge is 0.213 e. The van der Waals surface area contributed by atoms with Crippen LogP contribution in [0.15, 0.2) is 28.3 Å². The van der Waals surface area contributed by atoms with E-state index in [-0.39, 0.29) is 6.04 Å². The molecule has 1 atom stereocenters. The van der Waals surface area contributed by atoms with Gasteiger partial charge in [-0.2, -0.15) is 0 Å². The van der Waals surface area contributed by atoms with Crippen molar-refractivity contribution in [3.63, 3.8) is 0 Å². The highest BCUT2D eigenvalue weighted by molar-refractivity contribution is 7.99. The summed E-state index contributed by atoms with van der Waals surface area (Å²) in [6.07, 6.45) is 0. The highest BCUT2D eigenvalue weighted by Crippen LogP contribution is 2.32. The maximum atomic E-state index is 6.19. The minimum atomic E-state index is -0.0250. The van der Waals surface area contributed by atoms with Gasteiger partial charge < -0.3 is 5.73 Å². The van der Waals surface area contributed by atoms with Crippen LogP contribution in [0.25, 0.3) is 0 Å². The standard InChI is InChI=1S/C10H12ClN5S/c1-6(12)7-3-4-9(8(11)5-7)17-10-13-14-15-16(10)2/h3-6H,12H2,1-2H3/t6-/m0/s1. The van der Waals surface area contributed by atoms with Gasteiger partial charge in [-0.25, -0.2) is 4.68 Å². The van der Waals surface area contributed by atoms with Gasteiger partial charge in [0.1, 0.15) is 0 Å². The molecule has 90 valence electrons. The van der Waals surface area contributed by atoms with Gasteiger partial charge >= 0.3 is 0 Å². The Balaban J connectivity index is 2.26. The molecular formula is C10H12ClN5S. The summed E-state index contributed by atoms with van der Waals surface area (Å²) in [7, 11) is 1.78. The fourth-order valence-electron chi connectivity index (χ4n) is 1.29. The average Bonchev–Trinajstić information content (AvgIpc) is 2.67. The van der Waals surface area contributed by atoms with Crippen molar-refractivity contribution in [1.29, 1.82) is 0 Å². The first kappa shape index (κ1) is 12.3. The number of nitrogens with two attached hydrogens (primary N) is 1. The third-order valence-corrected chi connectivity index (χ3v) is 3.79. The number of benzene rings is 1. The molecule has 0 bridgehead atoms. The quantitative estimate of drug-likeness (QED) is 0.923. The summed E-state index contributed by atoms with van der Waals surface area (Å²) in [5.74, 6) is 0. The molecule has 1 aromatic carbocycles. The molecule has 0 saturated heterocycles. The lowest BCUT2D eigenvalue weighted by atomic mass is 10.1. The lowest BCUT2D eigenvalue weighted by Crippen LogP contribution is -2.04. The van der Waals surface area contributed by atoms with Crippen LogP contribution in [0.4, 0.5) is 0 Å². The second-order valence-corrected chi connectivity index (χ2v) is 5.08. The van der Waals surface area contributed by atoms with Crippen LogP contribution in [0, 0.1) is 0 Å². The molecule has 2 rings (SSSR count). The topological polar surface area (TPSA) is 69.6 Å². The number of aromatic nitrogens is 4. The first-order chi connectivity index (χ1) is 8.08. The molecule has 5 nitrogen and oxygen atoms in total. The zero-order valence-corrected chi connectivity index (χ0v) is 11.0. The SMILES string of the molecule is C[C@H](N)c1ccc(Sc2nnnn2C)c(Cl)c1. The molecular weight excluding hydrogens is 258 g/mol. The van der Waals surface area contributed by atoms with Gasteiger partial charge in [0.15, 0.2) is 0 Å². The van der Waals surface area contributed by atoms with E-state index >= 15 is 0 Å². The lowest BCUT2D eigenvalue weighted by molar-refractivity contribution is 0.664. The molecule has 0 saturated carbocycles. The first-order valence-corrected chi connectivity index (χ1v) is 6.22. The van der Waals surface area contributed by atoms with Crippen molar-refractivity contribution in [3.8, 4) is 0 Å². The van der Waals surface area contributed by atoms with Crippen molar-refractivity contribution in [1.82, 2.24) is 20.2 Å². The molecule has 1 aromatic heterocycles. The number of nitrogens with zero attached hydrogens (tertiary/aromatic N) is 4. The van der Waals surface area contributed by atoms with E-state index in [0.29, 0.717) is 10.2 Å². The molecule has 0 spiro atoms. The van der Waals surface area contributed by atoms with Crippen LogP contribution in [0.2, 0.25) is 5.02 Å². The maximum Gasteiger partial charge on any atom is 0.213 e. The van der Waals surface area contributed by atoms with Crippen LogP contribution in [0.3, 0.4) is 0 Å². The van der Waals surface area contributed by atoms with Crippen LogP contribution in [-0.2, 0) is 7.05 Å². The van der Waals surface area contributed by atoms with Gasteiger partial charge in [0.05, 0.1) is 5.02 Å². The monoisotopic (exact) mass is 269 g/mol. The summed E-state index contributed by atoms with van der Waals surface area (Å²) in [5, 5.41) is 12.6. The number of tetrazole rings is 1. The molecule has 0 aliphatic heterocycles. The molecule has 2 aromatic rings. The van der Waals surface area contributed by atoms with Gasteiger partial charge in [0.2, 0.25) is 5.16 Å². The Labute approximate surface area is 108 Å². The van der Waals surface area contributed by atoms with E-state index in [1.165, 1.54) is 11.8 Å². The molecule has 17 heavy (non-hydrogen) atoms. The second-order valence-electron chi connectivity index (χ2n) is 3.67. The number of aryl methyl sites for hydroxylation is 1. The molecule has 0 fully saturated rings. The van der Waals surface area contributed by atoms with E-state index in [9.17, 15) is 0 Å². The second kappa shape index (κ2) is 5.03. The van der Waals surface area contributed by atoms with E-state index in [2.05, 4.69) is 15.5 Å². The number of halogens is 1. The van der Waals surface area contributed by atoms with Gasteiger partial charge in [-0.1, -0.05) is 17.7 Å². The van der Waals surface area contributed by atoms with Crippen LogP contribution < -0.4 is 5.73 Å². The van der Waals surface area contributed by atoms with Gasteiger partial charge in [0, 0.05) is 18.0 Å². The summed E-state index contributed by atoms with van der Waals surface area (Å²) < 4.78 is 1.60. The summed E-state index contributed by atoms with van der Waals surface area (Å²) in [4.78, 5) is 0.911. The average molecular weight is 270 g/mol. The lowest BCUT2D eigenvalue weighted by Gasteiger charge is -2.08. The molecule has 1 heterocycles. The Morgan fingerprint density at radius 1 is 1.47 bits per heavy atom. The largest absolute Gasteiger partial charge is 0.324 e. The van der Waals surface area contributed by atoms with Gasteiger partial charge in [-0.15, -0.1) is 5.10 Å². The van der Waals surface area contributed by atoms with Crippen molar-refractivity contribution in [2.24, 2.45) is 12.8 Å². The predicted molar refractivity (Wildman–Crippen MR) is 67.0 cm³/mol. The number of rotatable bonds is 3. The highest BCUT2D eigenvalue weighted by atomic mass is 35.5. The predicted octanol–water partition coefficient (Wildman–Crippen LogP) is 2.03. The van der Waals surface area contributed by atoms with E-state index in [1.54, 1.807) is 11.7 Å². The summed E-state index contributed by atoms with van der Waals surface area (Å²) in [5.41, 5.74) is 6.80. The van der Waals surface area contributed by atoms with E-state index in [1.807, 2.05) is 25.1 Å². The first-order valence-electron chi connectivity index (χ1n) is 5.03. The summed E-state index contributed by atoms with van der Waals surface area (Å²) in [6.45, 7) is 1.92. The van der Waals surface area contributed by atoms with Crippen molar-refractivity contribution >= 4 is 23.4 Å². The number of hydrogen-bond donors (Lipinski definition) is 1. The maximum absolute atomic E-state index is 6.19. The van der Waals surface area contributed by atoms with E-state index in [4.69, 9.17) is 17.3 Å². The van der Waals surface area contributed by atoms with Crippen LogP contribution >= 0.6 is 23.4 Å². The normalized spacial score (nSPS) is 12.7. The van der Waals surface area contributed by atoms with Crippen molar-refractivity contribution in [3.05, 3.63) is 28.8 Å². The minimum absolute atomic E-state index is 0.0250. The molecule has 2 N–H and O–H groups in total. The van der Waals surface area contributed by atoms with E-state index < -0.39 is 0 Å². The Bertz CT molecular complexity index is 525. The van der Waals surface area contributed by atoms with Crippen LogP contribution in [0.1, 0.15) is 18.5 Å². The molecule has 0 aliphatic rings. The summed E-state index contributed by atoms with van der Waals surface area (Å²) >= 11 is 7.61. The van der Waals surface area contributed by atoms with Gasteiger partial charge in [-0.05, 0) is 46.8 Å². The molecule has 7 heteroatoms. The molecule has 0 unspecified atom stereocenters. The fourth-order valence-corrected chi connectivity index (χ4v) is 2.33. The van der Waals surface area contributed by atoms with Crippen molar-refractivity contribution in [2.45, 2.75) is 23.0 Å². The molecule has 0 aliphatic carbocycles. The van der Waals surface area contributed by atoms with Crippen molar-refractivity contribution < 1.29 is 0 Å². The van der Waals surface area contributed by atoms with E-state index in [0.717, 1.165) is 10.5 Å². The Kier molecular flexibility index (Phi) is 3.66. The highest BCUT2D eigenvalue weighted by Gasteiger charge is 2.09. The van der Waals surface area contributed by atoms with Crippen LogP contribution in [-0.4, -0.2) is 20.2 Å². The molecule has 0 radical (unpaired) electrons. The van der Waals surface area contributed by atoms with Crippen LogP contribution in [0.5, 0.6) is 0 Å². The zero-order valence-electron chi connectivity index (χ0n) is 9.46. The third kappa shape index (κ3) is 2.77. The Hall–Kier alpha value is -1.11. The fraction of sp³-hybridized carbons (Fsp3) is 0.300. The third-order valence-electron chi connectivity index (χ3n) is 2.26. The molecule has 0 amide bonds. The van der Waals surface area contributed by atoms with Gasteiger partial charge in [-0.3, -0.25) is 0 Å². The number of hydrogen-bond acceptors (Lipinski definition) is 5. The minimum Gasteiger partial charge on any atom is -0.324 e. The Morgan fingerprint density at radius 3 is 2.76 bits per heavy atom. The van der Waals surface area contributed by atoms with Gasteiger partial charge in [0.25, 0.3) is 0 Å².